The van der Waals surface area contributed by atoms with E-state index in [4.69, 9.17) is 5.11 Å². The van der Waals surface area contributed by atoms with Gasteiger partial charge in [0, 0.05) is 31.6 Å². The Kier molecular flexibility index (Phi) is 11.0. The number of aliphatic carboxylic acids is 1. The molecule has 0 saturated carbocycles. The van der Waals surface area contributed by atoms with E-state index in [1.807, 2.05) is 0 Å². The Morgan fingerprint density at radius 3 is 2.29 bits per heavy atom. The number of unbranched alkanes of at least 4 members (excludes halogenated alkanes) is 1. The molecule has 0 saturated heterocycles. The van der Waals surface area contributed by atoms with E-state index in [1.165, 1.54) is 26.3 Å². The average molecular weight is 307 g/mol. The highest BCUT2D eigenvalue weighted by Gasteiger charge is 2.05. The summed E-state index contributed by atoms with van der Waals surface area (Å²) in [7, 11) is 2.10. The SMILES string of the molecule is Br.C=C(C)C(=O)O.CCCCN1C=CN(C)C1. The Labute approximate surface area is 114 Å². The first-order valence-electron chi connectivity index (χ1n) is 5.48. The van der Waals surface area contributed by atoms with E-state index < -0.39 is 5.97 Å². The molecule has 5 heteroatoms. The molecule has 0 amide bonds. The number of hydrogen-bond acceptors (Lipinski definition) is 3. The summed E-state index contributed by atoms with van der Waals surface area (Å²) >= 11 is 0. The summed E-state index contributed by atoms with van der Waals surface area (Å²) in [6.07, 6.45) is 6.87. The first-order chi connectivity index (χ1) is 7.47. The zero-order chi connectivity index (χ0) is 12.6. The molecule has 4 nitrogen and oxygen atoms in total. The molecule has 0 fully saturated rings. The lowest BCUT2D eigenvalue weighted by Gasteiger charge is -2.17. The van der Waals surface area contributed by atoms with Gasteiger partial charge in [-0.25, -0.2) is 4.79 Å². The second kappa shape index (κ2) is 10.2. The van der Waals surface area contributed by atoms with Crippen LogP contribution in [0.3, 0.4) is 0 Å². The number of nitrogens with zero attached hydrogens (tertiary/aromatic N) is 2. The minimum absolute atomic E-state index is 0. The molecule has 1 aliphatic heterocycles. The summed E-state index contributed by atoms with van der Waals surface area (Å²) in [4.78, 5) is 14.1. The number of rotatable bonds is 4. The van der Waals surface area contributed by atoms with Crippen molar-refractivity contribution in [3.05, 3.63) is 24.6 Å². The predicted molar refractivity (Wildman–Crippen MR) is 76.2 cm³/mol. The van der Waals surface area contributed by atoms with Gasteiger partial charge in [0.1, 0.15) is 0 Å². The van der Waals surface area contributed by atoms with Crippen molar-refractivity contribution in [2.24, 2.45) is 0 Å². The molecule has 0 unspecified atom stereocenters. The van der Waals surface area contributed by atoms with E-state index in [9.17, 15) is 4.79 Å². The van der Waals surface area contributed by atoms with Crippen molar-refractivity contribution >= 4 is 23.0 Å². The van der Waals surface area contributed by atoms with Gasteiger partial charge in [-0.3, -0.25) is 0 Å². The second-order valence-corrected chi connectivity index (χ2v) is 3.95. The normalized spacial score (nSPS) is 12.6. The summed E-state index contributed by atoms with van der Waals surface area (Å²) in [5.74, 6) is -0.935. The molecule has 0 radical (unpaired) electrons. The summed E-state index contributed by atoms with van der Waals surface area (Å²) in [5.41, 5.74) is 0.176. The van der Waals surface area contributed by atoms with Crippen LogP contribution in [-0.2, 0) is 4.79 Å². The highest BCUT2D eigenvalue weighted by molar-refractivity contribution is 8.93. The van der Waals surface area contributed by atoms with Crippen molar-refractivity contribution in [3.8, 4) is 0 Å². The largest absolute Gasteiger partial charge is 0.478 e. The van der Waals surface area contributed by atoms with Gasteiger partial charge in [-0.15, -0.1) is 17.0 Å². The summed E-state index contributed by atoms with van der Waals surface area (Å²) in [6.45, 7) is 9.10. The highest BCUT2D eigenvalue weighted by atomic mass is 79.9. The standard InChI is InChI=1S/C8H16N2.C4H6O2.BrH/c1-3-4-5-10-7-6-9(2)8-10;1-3(2)4(5)6;/h6-7H,3-5,8H2,1-2H3;1H2,2H3,(H,5,6);1H. The van der Waals surface area contributed by atoms with Gasteiger partial charge in [0.2, 0.25) is 0 Å². The molecule has 100 valence electrons. The van der Waals surface area contributed by atoms with Gasteiger partial charge in [-0.2, -0.15) is 0 Å². The van der Waals surface area contributed by atoms with Crippen LogP contribution in [-0.4, -0.2) is 41.1 Å². The molecule has 17 heavy (non-hydrogen) atoms. The fraction of sp³-hybridized carbons (Fsp3) is 0.583. The molecular weight excluding hydrogens is 284 g/mol. The molecule has 0 spiro atoms. The van der Waals surface area contributed by atoms with Crippen LogP contribution in [0, 0.1) is 0 Å². The number of carboxylic acid groups (broad SMARTS) is 1. The van der Waals surface area contributed by atoms with Crippen LogP contribution in [0.5, 0.6) is 0 Å². The van der Waals surface area contributed by atoms with Gasteiger partial charge in [0.25, 0.3) is 0 Å². The number of carbonyl (C=O) groups is 1. The summed E-state index contributed by atoms with van der Waals surface area (Å²) < 4.78 is 0. The van der Waals surface area contributed by atoms with Crippen molar-refractivity contribution in [2.45, 2.75) is 26.7 Å². The summed E-state index contributed by atoms with van der Waals surface area (Å²) in [6, 6.07) is 0. The van der Waals surface area contributed by atoms with Gasteiger partial charge >= 0.3 is 5.97 Å². The number of carboxylic acids is 1. The fourth-order valence-electron chi connectivity index (χ4n) is 1.10. The van der Waals surface area contributed by atoms with Crippen molar-refractivity contribution in [1.29, 1.82) is 0 Å². The Morgan fingerprint density at radius 1 is 1.47 bits per heavy atom. The minimum Gasteiger partial charge on any atom is -0.478 e. The monoisotopic (exact) mass is 306 g/mol. The second-order valence-electron chi connectivity index (χ2n) is 3.95. The fourth-order valence-corrected chi connectivity index (χ4v) is 1.10. The lowest BCUT2D eigenvalue weighted by atomic mass is 10.3. The van der Waals surface area contributed by atoms with E-state index in [1.54, 1.807) is 0 Å². The summed E-state index contributed by atoms with van der Waals surface area (Å²) in [5, 5.41) is 7.89. The van der Waals surface area contributed by atoms with Crippen LogP contribution in [0.1, 0.15) is 26.7 Å². The highest BCUT2D eigenvalue weighted by Crippen LogP contribution is 2.04. The van der Waals surface area contributed by atoms with Gasteiger partial charge < -0.3 is 14.9 Å². The number of halogens is 1. The first kappa shape index (κ1) is 18.4. The maximum Gasteiger partial charge on any atom is 0.330 e. The first-order valence-corrected chi connectivity index (χ1v) is 5.48. The van der Waals surface area contributed by atoms with Crippen molar-refractivity contribution in [1.82, 2.24) is 9.80 Å². The van der Waals surface area contributed by atoms with Crippen LogP contribution in [0.25, 0.3) is 0 Å². The third-order valence-corrected chi connectivity index (χ3v) is 2.10. The molecule has 1 aliphatic rings. The maximum absolute atomic E-state index is 9.60. The number of hydrogen-bond donors (Lipinski definition) is 1. The molecular formula is C12H23BrN2O2. The molecule has 1 N–H and O–H groups in total. The van der Waals surface area contributed by atoms with Crippen LogP contribution < -0.4 is 0 Å². The van der Waals surface area contributed by atoms with Crippen molar-refractivity contribution < 1.29 is 9.90 Å². The maximum atomic E-state index is 9.60. The van der Waals surface area contributed by atoms with E-state index in [-0.39, 0.29) is 22.6 Å². The zero-order valence-electron chi connectivity index (χ0n) is 10.8. The lowest BCUT2D eigenvalue weighted by Crippen LogP contribution is -2.23. The van der Waals surface area contributed by atoms with Gasteiger partial charge in [-0.05, 0) is 13.3 Å². The molecule has 0 aromatic rings. The Bertz CT molecular complexity index is 255. The van der Waals surface area contributed by atoms with Crippen molar-refractivity contribution in [3.63, 3.8) is 0 Å². The van der Waals surface area contributed by atoms with Gasteiger partial charge in [-0.1, -0.05) is 19.9 Å². The molecule has 0 aromatic carbocycles. The third kappa shape index (κ3) is 9.93. The average Bonchev–Trinajstić information content (AvgIpc) is 2.62. The smallest absolute Gasteiger partial charge is 0.330 e. The van der Waals surface area contributed by atoms with E-state index in [0.29, 0.717) is 0 Å². The molecule has 0 bridgehead atoms. The van der Waals surface area contributed by atoms with Crippen LogP contribution in [0.2, 0.25) is 0 Å². The van der Waals surface area contributed by atoms with E-state index in [2.05, 4.69) is 42.8 Å². The molecule has 1 rings (SSSR count). The van der Waals surface area contributed by atoms with Crippen LogP contribution in [0.4, 0.5) is 0 Å². The van der Waals surface area contributed by atoms with Crippen LogP contribution in [0.15, 0.2) is 24.6 Å². The van der Waals surface area contributed by atoms with Gasteiger partial charge in [0.15, 0.2) is 0 Å². The zero-order valence-corrected chi connectivity index (χ0v) is 12.6. The van der Waals surface area contributed by atoms with E-state index >= 15 is 0 Å². The molecule has 0 atom stereocenters. The topological polar surface area (TPSA) is 43.8 Å². The molecule has 0 aromatic heterocycles. The Morgan fingerprint density at radius 2 is 2.00 bits per heavy atom. The Hall–Kier alpha value is -0.970. The van der Waals surface area contributed by atoms with E-state index in [0.717, 1.165) is 6.67 Å². The van der Waals surface area contributed by atoms with Crippen LogP contribution >= 0.6 is 17.0 Å². The third-order valence-electron chi connectivity index (χ3n) is 2.10. The molecule has 1 heterocycles. The predicted octanol–water partition coefficient (Wildman–Crippen LogP) is 2.69. The Balaban J connectivity index is 0. The van der Waals surface area contributed by atoms with Crippen molar-refractivity contribution in [2.75, 3.05) is 20.3 Å². The lowest BCUT2D eigenvalue weighted by molar-refractivity contribution is -0.132. The van der Waals surface area contributed by atoms with Gasteiger partial charge in [0.05, 0.1) is 6.67 Å². The molecule has 0 aliphatic carbocycles. The minimum atomic E-state index is -0.935. The quantitative estimate of drug-likeness (QED) is 0.811.